The number of hydrogen-bond donors (Lipinski definition) is 1. The van der Waals surface area contributed by atoms with Gasteiger partial charge in [0.15, 0.2) is 11.6 Å². The summed E-state index contributed by atoms with van der Waals surface area (Å²) < 4.78 is 0. The highest BCUT2D eigenvalue weighted by Crippen LogP contribution is 2.28. The van der Waals surface area contributed by atoms with Crippen LogP contribution in [0.25, 0.3) is 0 Å². The molecule has 1 aliphatic rings. The number of carboxylic acid groups (broad SMARTS) is 1. The SMILES string of the molecule is CC1=C(CCCC(=O)O)C(=O)c2ccccc2C1=O. The van der Waals surface area contributed by atoms with Gasteiger partial charge in [0.25, 0.3) is 0 Å². The van der Waals surface area contributed by atoms with Crippen LogP contribution in [0.1, 0.15) is 46.9 Å². The lowest BCUT2D eigenvalue weighted by molar-refractivity contribution is -0.137. The number of rotatable bonds is 4. The molecule has 0 fully saturated rings. The van der Waals surface area contributed by atoms with E-state index in [1.807, 2.05) is 0 Å². The van der Waals surface area contributed by atoms with E-state index in [1.54, 1.807) is 31.2 Å². The van der Waals surface area contributed by atoms with E-state index in [0.29, 0.717) is 35.1 Å². The Kier molecular flexibility index (Phi) is 3.60. The van der Waals surface area contributed by atoms with Crippen molar-refractivity contribution in [1.82, 2.24) is 0 Å². The monoisotopic (exact) mass is 258 g/mol. The van der Waals surface area contributed by atoms with Crippen LogP contribution < -0.4 is 0 Å². The fourth-order valence-corrected chi connectivity index (χ4v) is 2.27. The van der Waals surface area contributed by atoms with Gasteiger partial charge in [-0.3, -0.25) is 14.4 Å². The van der Waals surface area contributed by atoms with Crippen molar-refractivity contribution in [3.63, 3.8) is 0 Å². The summed E-state index contributed by atoms with van der Waals surface area (Å²) >= 11 is 0. The minimum Gasteiger partial charge on any atom is -0.481 e. The predicted molar refractivity (Wildman–Crippen MR) is 69.3 cm³/mol. The van der Waals surface area contributed by atoms with Crippen molar-refractivity contribution in [1.29, 1.82) is 0 Å². The summed E-state index contributed by atoms with van der Waals surface area (Å²) in [5, 5.41) is 8.62. The number of benzene rings is 1. The summed E-state index contributed by atoms with van der Waals surface area (Å²) in [7, 11) is 0. The second kappa shape index (κ2) is 5.18. The van der Waals surface area contributed by atoms with Crippen LogP contribution in [0.3, 0.4) is 0 Å². The van der Waals surface area contributed by atoms with E-state index >= 15 is 0 Å². The highest BCUT2D eigenvalue weighted by molar-refractivity contribution is 6.26. The number of ketones is 2. The zero-order valence-corrected chi connectivity index (χ0v) is 10.6. The Morgan fingerprint density at radius 2 is 1.68 bits per heavy atom. The number of fused-ring (bicyclic) bond motifs is 1. The first-order chi connectivity index (χ1) is 9.02. The van der Waals surface area contributed by atoms with Crippen LogP contribution in [0, 0.1) is 0 Å². The van der Waals surface area contributed by atoms with E-state index in [2.05, 4.69) is 0 Å². The molecule has 0 atom stereocenters. The van der Waals surface area contributed by atoms with Gasteiger partial charge >= 0.3 is 5.97 Å². The third kappa shape index (κ3) is 2.47. The van der Waals surface area contributed by atoms with Crippen molar-refractivity contribution in [3.8, 4) is 0 Å². The molecule has 4 heteroatoms. The summed E-state index contributed by atoms with van der Waals surface area (Å²) in [4.78, 5) is 34.9. The lowest BCUT2D eigenvalue weighted by atomic mass is 9.83. The maximum atomic E-state index is 12.3. The van der Waals surface area contributed by atoms with Crippen molar-refractivity contribution in [2.45, 2.75) is 26.2 Å². The summed E-state index contributed by atoms with van der Waals surface area (Å²) in [5.41, 5.74) is 1.74. The van der Waals surface area contributed by atoms with Crippen LogP contribution in [0.5, 0.6) is 0 Å². The molecule has 1 aromatic rings. The van der Waals surface area contributed by atoms with Crippen molar-refractivity contribution >= 4 is 17.5 Å². The summed E-state index contributed by atoms with van der Waals surface area (Å²) in [5.74, 6) is -1.19. The minimum absolute atomic E-state index is 0.000102. The Bertz CT molecular complexity index is 596. The number of carbonyl (C=O) groups is 3. The number of aliphatic carboxylic acids is 1. The van der Waals surface area contributed by atoms with E-state index in [0.717, 1.165) is 0 Å². The molecular weight excluding hydrogens is 244 g/mol. The van der Waals surface area contributed by atoms with Crippen LogP contribution in [0.15, 0.2) is 35.4 Å². The first-order valence-corrected chi connectivity index (χ1v) is 6.12. The van der Waals surface area contributed by atoms with E-state index in [-0.39, 0.29) is 18.0 Å². The lowest BCUT2D eigenvalue weighted by Gasteiger charge is -2.18. The van der Waals surface area contributed by atoms with Crippen LogP contribution in [0.4, 0.5) is 0 Å². The maximum Gasteiger partial charge on any atom is 0.303 e. The van der Waals surface area contributed by atoms with Crippen molar-refractivity contribution in [3.05, 3.63) is 46.5 Å². The quantitative estimate of drug-likeness (QED) is 0.901. The third-order valence-electron chi connectivity index (χ3n) is 3.30. The summed E-state index contributed by atoms with van der Waals surface area (Å²) in [6.07, 6.45) is 0.695. The average Bonchev–Trinajstić information content (AvgIpc) is 2.40. The standard InChI is InChI=1S/C15H14O4/c1-9-10(7-4-8-13(16)17)15(19)12-6-3-2-5-11(12)14(9)18/h2-3,5-6H,4,7-8H2,1H3,(H,16,17). The van der Waals surface area contributed by atoms with Crippen molar-refractivity contribution in [2.75, 3.05) is 0 Å². The Hall–Kier alpha value is -2.23. The maximum absolute atomic E-state index is 12.3. The number of allylic oxidation sites excluding steroid dienone is 2. The number of Topliss-reactive ketones (excluding diaryl/α,β-unsaturated/α-hetero) is 2. The zero-order chi connectivity index (χ0) is 14.0. The van der Waals surface area contributed by atoms with Gasteiger partial charge < -0.3 is 5.11 Å². The lowest BCUT2D eigenvalue weighted by Crippen LogP contribution is -2.21. The van der Waals surface area contributed by atoms with Gasteiger partial charge in [0.05, 0.1) is 0 Å². The van der Waals surface area contributed by atoms with E-state index in [1.165, 1.54) is 0 Å². The number of carboxylic acids is 1. The van der Waals surface area contributed by atoms with Gasteiger partial charge in [-0.05, 0) is 19.8 Å². The van der Waals surface area contributed by atoms with Crippen LogP contribution in [-0.4, -0.2) is 22.6 Å². The van der Waals surface area contributed by atoms with Crippen LogP contribution in [-0.2, 0) is 4.79 Å². The third-order valence-corrected chi connectivity index (χ3v) is 3.30. The molecule has 0 radical (unpaired) electrons. The van der Waals surface area contributed by atoms with Gasteiger partial charge in [-0.1, -0.05) is 24.3 Å². The van der Waals surface area contributed by atoms with Crippen molar-refractivity contribution < 1.29 is 19.5 Å². The molecule has 1 aromatic carbocycles. The van der Waals surface area contributed by atoms with Gasteiger partial charge in [0.2, 0.25) is 0 Å². The van der Waals surface area contributed by atoms with E-state index in [9.17, 15) is 14.4 Å². The molecule has 0 unspecified atom stereocenters. The highest BCUT2D eigenvalue weighted by atomic mass is 16.4. The Labute approximate surface area is 110 Å². The van der Waals surface area contributed by atoms with E-state index in [4.69, 9.17) is 5.11 Å². The second-order valence-electron chi connectivity index (χ2n) is 4.55. The fraction of sp³-hybridized carbons (Fsp3) is 0.267. The van der Waals surface area contributed by atoms with E-state index < -0.39 is 5.97 Å². The van der Waals surface area contributed by atoms with Crippen LogP contribution in [0.2, 0.25) is 0 Å². The summed E-state index contributed by atoms with van der Waals surface area (Å²) in [6, 6.07) is 6.73. The molecule has 0 aromatic heterocycles. The number of hydrogen-bond acceptors (Lipinski definition) is 3. The fourth-order valence-electron chi connectivity index (χ4n) is 2.27. The molecular formula is C15H14O4. The number of carbonyl (C=O) groups excluding carboxylic acids is 2. The zero-order valence-electron chi connectivity index (χ0n) is 10.6. The summed E-state index contributed by atoms with van der Waals surface area (Å²) in [6.45, 7) is 1.63. The highest BCUT2D eigenvalue weighted by Gasteiger charge is 2.28. The molecule has 19 heavy (non-hydrogen) atoms. The normalized spacial score (nSPS) is 14.6. The molecule has 0 heterocycles. The Morgan fingerprint density at radius 1 is 1.11 bits per heavy atom. The average molecular weight is 258 g/mol. The Morgan fingerprint density at radius 3 is 2.26 bits per heavy atom. The predicted octanol–water partition coefficient (Wildman–Crippen LogP) is 2.64. The molecule has 0 bridgehead atoms. The molecule has 0 saturated carbocycles. The van der Waals surface area contributed by atoms with Gasteiger partial charge in [0, 0.05) is 28.7 Å². The Balaban J connectivity index is 2.29. The smallest absolute Gasteiger partial charge is 0.303 e. The molecule has 4 nitrogen and oxygen atoms in total. The minimum atomic E-state index is -0.895. The van der Waals surface area contributed by atoms with Gasteiger partial charge in [0.1, 0.15) is 0 Å². The largest absolute Gasteiger partial charge is 0.481 e. The molecule has 1 aliphatic carbocycles. The molecule has 0 aliphatic heterocycles. The molecule has 0 amide bonds. The van der Waals surface area contributed by atoms with Gasteiger partial charge in [-0.2, -0.15) is 0 Å². The first kappa shape index (κ1) is 13.2. The molecule has 0 saturated heterocycles. The first-order valence-electron chi connectivity index (χ1n) is 6.12. The second-order valence-corrected chi connectivity index (χ2v) is 4.55. The molecule has 98 valence electrons. The molecule has 0 spiro atoms. The van der Waals surface area contributed by atoms with Crippen LogP contribution >= 0.6 is 0 Å². The van der Waals surface area contributed by atoms with Gasteiger partial charge in [-0.15, -0.1) is 0 Å². The molecule has 2 rings (SSSR count). The topological polar surface area (TPSA) is 71.4 Å². The van der Waals surface area contributed by atoms with Crippen molar-refractivity contribution in [2.24, 2.45) is 0 Å². The van der Waals surface area contributed by atoms with Gasteiger partial charge in [-0.25, -0.2) is 0 Å². The molecule has 1 N–H and O–H groups in total.